The normalized spacial score (nSPS) is 15.1. The quantitative estimate of drug-likeness (QED) is 0.439. The number of aromatic nitrogens is 2. The molecule has 8 nitrogen and oxygen atoms in total. The Morgan fingerprint density at radius 2 is 1.74 bits per heavy atom. The number of H-pyrrole nitrogens is 1. The molecule has 0 unspecified atom stereocenters. The fraction of sp³-hybridized carbons (Fsp3) is 0.100. The molecule has 158 valence electrons. The van der Waals surface area contributed by atoms with Gasteiger partial charge in [-0.2, -0.15) is 4.98 Å². The van der Waals surface area contributed by atoms with Gasteiger partial charge >= 0.3 is 0 Å². The Balaban J connectivity index is 1.64. The lowest BCUT2D eigenvalue weighted by Crippen LogP contribution is -2.36. The van der Waals surface area contributed by atoms with Gasteiger partial charge in [-0.3, -0.25) is 19.4 Å². The minimum atomic E-state index is -1.01. The molecule has 0 saturated carbocycles. The molecule has 2 amide bonds. The summed E-state index contributed by atoms with van der Waals surface area (Å²) in [7, 11) is 0. The van der Waals surface area contributed by atoms with E-state index in [1.165, 1.54) is 6.07 Å². The number of fused-ring (bicyclic) bond motifs is 1. The summed E-state index contributed by atoms with van der Waals surface area (Å²) < 4.78 is 0. The van der Waals surface area contributed by atoms with Gasteiger partial charge in [0.2, 0.25) is 17.8 Å². The predicted octanol–water partition coefficient (Wildman–Crippen LogP) is 4.54. The Morgan fingerprint density at radius 1 is 1.03 bits per heavy atom. The molecule has 31 heavy (non-hydrogen) atoms. The summed E-state index contributed by atoms with van der Waals surface area (Å²) in [5, 5.41) is 9.39. The lowest BCUT2D eigenvalue weighted by Gasteiger charge is -2.23. The van der Waals surface area contributed by atoms with Crippen molar-refractivity contribution in [2.75, 3.05) is 16.0 Å². The van der Waals surface area contributed by atoms with Gasteiger partial charge in [0.25, 0.3) is 5.56 Å². The SMILES string of the molecule is O=C1C[C@H](C(=O)Nc2ccc(Cl)cc2)c2c(nc(Nc3ccc(Cl)cc3Cl)[nH]c2=O)N1. The molecule has 1 aliphatic heterocycles. The topological polar surface area (TPSA) is 116 Å². The maximum atomic E-state index is 12.8. The van der Waals surface area contributed by atoms with Crippen LogP contribution in [0.15, 0.2) is 47.3 Å². The molecule has 4 rings (SSSR count). The molecule has 1 atom stereocenters. The van der Waals surface area contributed by atoms with Crippen molar-refractivity contribution in [2.45, 2.75) is 12.3 Å². The van der Waals surface area contributed by atoms with Crippen LogP contribution >= 0.6 is 34.8 Å². The molecule has 4 N–H and O–H groups in total. The monoisotopic (exact) mass is 477 g/mol. The zero-order valence-corrected chi connectivity index (χ0v) is 17.9. The molecule has 2 heterocycles. The van der Waals surface area contributed by atoms with Crippen LogP contribution in [-0.4, -0.2) is 21.8 Å². The van der Waals surface area contributed by atoms with Gasteiger partial charge in [0.15, 0.2) is 0 Å². The molecule has 1 aromatic heterocycles. The Morgan fingerprint density at radius 3 is 2.45 bits per heavy atom. The Labute approximate surface area is 190 Å². The minimum Gasteiger partial charge on any atom is -0.326 e. The van der Waals surface area contributed by atoms with Crippen molar-refractivity contribution < 1.29 is 9.59 Å². The third-order valence-electron chi connectivity index (χ3n) is 4.56. The lowest BCUT2D eigenvalue weighted by molar-refractivity contribution is -0.123. The summed E-state index contributed by atoms with van der Waals surface area (Å²) in [6.07, 6.45) is -0.188. The summed E-state index contributed by atoms with van der Waals surface area (Å²) in [5.41, 5.74) is 0.447. The standard InChI is InChI=1S/C20H14Cl3N5O3/c21-9-1-4-11(5-2-9)24-18(30)12-8-15(29)26-17-16(12)19(31)28-20(27-17)25-14-6-3-10(22)7-13(14)23/h1-7,12H,8H2,(H,24,30)(H3,25,26,27,28,29,31)/t12-/m0/s1. The van der Waals surface area contributed by atoms with E-state index in [4.69, 9.17) is 34.8 Å². The Hall–Kier alpha value is -3.07. The van der Waals surface area contributed by atoms with Crippen molar-refractivity contribution in [3.8, 4) is 0 Å². The molecule has 0 spiro atoms. The van der Waals surface area contributed by atoms with Crippen molar-refractivity contribution >= 4 is 69.8 Å². The second-order valence-electron chi connectivity index (χ2n) is 6.73. The third-order valence-corrected chi connectivity index (χ3v) is 5.36. The average molecular weight is 479 g/mol. The van der Waals surface area contributed by atoms with Gasteiger partial charge in [-0.25, -0.2) is 0 Å². The number of rotatable bonds is 4. The minimum absolute atomic E-state index is 0.00356. The number of halogens is 3. The van der Waals surface area contributed by atoms with Gasteiger partial charge < -0.3 is 16.0 Å². The number of hydrogen-bond acceptors (Lipinski definition) is 5. The molecule has 2 aromatic carbocycles. The second-order valence-corrected chi connectivity index (χ2v) is 8.01. The number of carbonyl (C=O) groups is 2. The van der Waals surface area contributed by atoms with Crippen molar-refractivity contribution in [3.63, 3.8) is 0 Å². The zero-order valence-electron chi connectivity index (χ0n) is 15.6. The molecule has 1 aliphatic rings. The third kappa shape index (κ3) is 4.66. The van der Waals surface area contributed by atoms with Crippen LogP contribution in [0.25, 0.3) is 0 Å². The molecule has 11 heteroatoms. The molecule has 0 aliphatic carbocycles. The number of carbonyl (C=O) groups excluding carboxylic acids is 2. The molecule has 0 bridgehead atoms. The molecule has 0 fully saturated rings. The molecular weight excluding hydrogens is 465 g/mol. The van der Waals surface area contributed by atoms with Crippen LogP contribution in [0.1, 0.15) is 17.9 Å². The van der Waals surface area contributed by atoms with Gasteiger partial charge in [-0.15, -0.1) is 0 Å². The van der Waals surface area contributed by atoms with E-state index in [0.29, 0.717) is 26.4 Å². The first-order valence-electron chi connectivity index (χ1n) is 9.03. The maximum absolute atomic E-state index is 12.8. The van der Waals surface area contributed by atoms with Crippen LogP contribution in [0.5, 0.6) is 0 Å². The second kappa shape index (κ2) is 8.58. The molecular formula is C20H14Cl3N5O3. The molecule has 0 saturated heterocycles. The maximum Gasteiger partial charge on any atom is 0.258 e. The van der Waals surface area contributed by atoms with E-state index < -0.39 is 23.3 Å². The summed E-state index contributed by atoms with van der Waals surface area (Å²) >= 11 is 17.9. The van der Waals surface area contributed by atoms with Crippen LogP contribution in [0, 0.1) is 0 Å². The fourth-order valence-electron chi connectivity index (χ4n) is 3.14. The van der Waals surface area contributed by atoms with Gasteiger partial charge in [0, 0.05) is 22.2 Å². The predicted molar refractivity (Wildman–Crippen MR) is 121 cm³/mol. The lowest BCUT2D eigenvalue weighted by atomic mass is 9.92. The highest BCUT2D eigenvalue weighted by Gasteiger charge is 2.34. The number of hydrogen-bond donors (Lipinski definition) is 4. The number of nitrogens with zero attached hydrogens (tertiary/aromatic N) is 1. The van der Waals surface area contributed by atoms with Gasteiger partial charge in [-0.05, 0) is 42.5 Å². The van der Waals surface area contributed by atoms with Crippen molar-refractivity contribution in [1.29, 1.82) is 0 Å². The smallest absolute Gasteiger partial charge is 0.258 e. The van der Waals surface area contributed by atoms with Crippen LogP contribution in [0.3, 0.4) is 0 Å². The van der Waals surface area contributed by atoms with Crippen molar-refractivity contribution in [2.24, 2.45) is 0 Å². The van der Waals surface area contributed by atoms with Crippen LogP contribution in [0.4, 0.5) is 23.1 Å². The summed E-state index contributed by atoms with van der Waals surface area (Å²) in [4.78, 5) is 44.6. The highest BCUT2D eigenvalue weighted by atomic mass is 35.5. The van der Waals surface area contributed by atoms with E-state index in [9.17, 15) is 14.4 Å². The van der Waals surface area contributed by atoms with Gasteiger partial charge in [-0.1, -0.05) is 34.8 Å². The van der Waals surface area contributed by atoms with Crippen LogP contribution in [-0.2, 0) is 9.59 Å². The number of benzene rings is 2. The first-order valence-corrected chi connectivity index (χ1v) is 10.2. The number of anilines is 4. The van der Waals surface area contributed by atoms with E-state index in [-0.39, 0.29) is 23.8 Å². The van der Waals surface area contributed by atoms with Gasteiger partial charge in [0.05, 0.1) is 22.2 Å². The Bertz CT molecular complexity index is 1240. The first kappa shape index (κ1) is 21.2. The zero-order chi connectivity index (χ0) is 22.1. The largest absolute Gasteiger partial charge is 0.326 e. The van der Waals surface area contributed by atoms with Crippen molar-refractivity contribution in [1.82, 2.24) is 9.97 Å². The van der Waals surface area contributed by atoms with E-state index in [0.717, 1.165) is 0 Å². The summed E-state index contributed by atoms with van der Waals surface area (Å²) in [6.45, 7) is 0. The molecule has 3 aromatic rings. The number of aromatic amines is 1. The van der Waals surface area contributed by atoms with Gasteiger partial charge in [0.1, 0.15) is 5.82 Å². The Kier molecular flexibility index (Phi) is 5.86. The van der Waals surface area contributed by atoms with E-state index >= 15 is 0 Å². The fourth-order valence-corrected chi connectivity index (χ4v) is 3.72. The number of amides is 2. The summed E-state index contributed by atoms with van der Waals surface area (Å²) in [5.74, 6) is -1.90. The highest BCUT2D eigenvalue weighted by molar-refractivity contribution is 6.36. The number of nitrogens with one attached hydrogen (secondary N) is 4. The van der Waals surface area contributed by atoms with Crippen LogP contribution < -0.4 is 21.5 Å². The summed E-state index contributed by atoms with van der Waals surface area (Å²) in [6, 6.07) is 11.2. The van der Waals surface area contributed by atoms with E-state index in [2.05, 4.69) is 25.9 Å². The van der Waals surface area contributed by atoms with Crippen LogP contribution in [0.2, 0.25) is 15.1 Å². The first-order chi connectivity index (χ1) is 14.8. The van der Waals surface area contributed by atoms with Crippen molar-refractivity contribution in [3.05, 3.63) is 73.4 Å². The van der Waals surface area contributed by atoms with E-state index in [1.807, 2.05) is 0 Å². The molecule has 0 radical (unpaired) electrons. The highest BCUT2D eigenvalue weighted by Crippen LogP contribution is 2.31. The van der Waals surface area contributed by atoms with E-state index in [1.54, 1.807) is 36.4 Å². The average Bonchev–Trinajstić information content (AvgIpc) is 2.71.